The second kappa shape index (κ2) is 17.2. The molecule has 0 aliphatic carbocycles. The van der Waals surface area contributed by atoms with Gasteiger partial charge in [0.25, 0.3) is 5.91 Å². The van der Waals surface area contributed by atoms with E-state index in [9.17, 15) is 24.0 Å². The van der Waals surface area contributed by atoms with E-state index in [4.69, 9.17) is 49.3 Å². The van der Waals surface area contributed by atoms with Gasteiger partial charge in [0.2, 0.25) is 15.6 Å². The first-order valence-electron chi connectivity index (χ1n) is 16.4. The molecule has 1 aromatic carbocycles. The quantitative estimate of drug-likeness (QED) is 0.194. The molecule has 1 aromatic heterocycles. The van der Waals surface area contributed by atoms with Crippen LogP contribution in [0.2, 0.25) is 0 Å². The topological polar surface area (TPSA) is 156 Å². The second-order valence-corrected chi connectivity index (χ2v) is 15.9. The number of amides is 3. The molecule has 0 saturated carbocycles. The molecule has 2 heterocycles. The van der Waals surface area contributed by atoms with E-state index < -0.39 is 57.8 Å². The Morgan fingerprint density at radius 1 is 1.08 bits per heavy atom. The van der Waals surface area contributed by atoms with E-state index in [0.717, 1.165) is 16.5 Å². The molecule has 2 aromatic rings. The summed E-state index contributed by atoms with van der Waals surface area (Å²) in [4.78, 5) is 68.7. The fourth-order valence-corrected chi connectivity index (χ4v) is 5.50. The van der Waals surface area contributed by atoms with Crippen LogP contribution in [0.25, 0.3) is 17.0 Å². The predicted octanol–water partition coefficient (Wildman–Crippen LogP) is 5.26. The first-order valence-corrected chi connectivity index (χ1v) is 17.5. The summed E-state index contributed by atoms with van der Waals surface area (Å²) in [5.74, 6) is -2.74. The molecule has 12 nitrogen and oxygen atoms in total. The van der Waals surface area contributed by atoms with Crippen LogP contribution < -0.4 is 16.1 Å². The van der Waals surface area contributed by atoms with Crippen molar-refractivity contribution in [2.45, 2.75) is 96.3 Å². The van der Waals surface area contributed by atoms with Gasteiger partial charge in [-0.25, -0.2) is 10.4 Å². The van der Waals surface area contributed by atoms with Crippen LogP contribution in [0.3, 0.4) is 0 Å². The third-order valence-corrected chi connectivity index (χ3v) is 8.48. The number of nitrogens with zero attached hydrogens (tertiary/aromatic N) is 2. The molecular weight excluding hydrogens is 709 g/mol. The lowest BCUT2D eigenvalue weighted by molar-refractivity contribution is -0.153. The number of ether oxygens (including phenoxy) is 2. The molecule has 1 fully saturated rings. The van der Waals surface area contributed by atoms with Crippen LogP contribution in [0.4, 0.5) is 0 Å². The number of aryl methyl sites for hydroxylation is 1. The zero-order chi connectivity index (χ0) is 37.6. The number of hydrogen-bond donors (Lipinski definition) is 3. The van der Waals surface area contributed by atoms with E-state index in [1.165, 1.54) is 18.9 Å². The van der Waals surface area contributed by atoms with E-state index in [0.29, 0.717) is 30.6 Å². The van der Waals surface area contributed by atoms with Gasteiger partial charge in [0.1, 0.15) is 30.8 Å². The molecule has 15 heteroatoms. The molecule has 3 N–H and O–H groups in total. The van der Waals surface area contributed by atoms with Crippen molar-refractivity contribution >= 4 is 81.4 Å². The van der Waals surface area contributed by atoms with Crippen LogP contribution in [-0.4, -0.2) is 74.7 Å². The Hall–Kier alpha value is -3.45. The summed E-state index contributed by atoms with van der Waals surface area (Å²) in [7, 11) is 0. The highest BCUT2D eigenvalue weighted by Crippen LogP contribution is 2.27. The summed E-state index contributed by atoms with van der Waals surface area (Å²) in [6.07, 6.45) is 3.97. The number of alkyl halides is 3. The molecule has 4 unspecified atom stereocenters. The van der Waals surface area contributed by atoms with Gasteiger partial charge in [0, 0.05) is 18.9 Å². The van der Waals surface area contributed by atoms with Crippen LogP contribution in [0.1, 0.15) is 84.2 Å². The minimum atomic E-state index is -1.76. The lowest BCUT2D eigenvalue weighted by atomic mass is 9.89. The van der Waals surface area contributed by atoms with Gasteiger partial charge < -0.3 is 20.1 Å². The molecule has 1 saturated heterocycles. The number of esters is 2. The number of halogens is 3. The number of fused-ring (bicyclic) bond motifs is 1. The third-order valence-electron chi connectivity index (χ3n) is 8.16. The number of carbonyl (C=O) groups is 5. The van der Waals surface area contributed by atoms with Gasteiger partial charge in [-0.05, 0) is 76.6 Å². The van der Waals surface area contributed by atoms with Gasteiger partial charge >= 0.3 is 11.9 Å². The van der Waals surface area contributed by atoms with E-state index in [1.807, 2.05) is 37.3 Å². The number of pyridine rings is 1. The minimum absolute atomic E-state index is 0.301. The molecule has 0 radical (unpaired) electrons. The number of hydrogen-bond acceptors (Lipinski definition) is 9. The van der Waals surface area contributed by atoms with Gasteiger partial charge in [0.05, 0.1) is 16.6 Å². The lowest BCUT2D eigenvalue weighted by Crippen LogP contribution is -2.61. The molecule has 0 bridgehead atoms. The lowest BCUT2D eigenvalue weighted by Gasteiger charge is -2.35. The number of nitrogens with one attached hydrogen (secondary N) is 3. The molecule has 50 heavy (non-hydrogen) atoms. The molecule has 0 spiro atoms. The number of benzene rings is 1. The van der Waals surface area contributed by atoms with Crippen molar-refractivity contribution in [2.75, 3.05) is 13.2 Å². The van der Waals surface area contributed by atoms with E-state index in [1.54, 1.807) is 40.7 Å². The summed E-state index contributed by atoms with van der Waals surface area (Å²) in [5, 5.41) is 7.73. The standard InChI is InChI=1S/C35H46Cl3N5O7/c1-19(2)28(30(45)39-21(4)31(46)43-15-9-10-26(42-43)32(47)49-18-35(36,37)38)41-33(48)34(7,8)14-13-24-11-12-25-16-20(3)29(40-27(25)17-24)22(5)50-23(6)44/h11-14,16-17,19,21-22,26,28,42H,9-10,15,18H2,1-8H3,(H,39,45)(H,41,48). The molecule has 3 amide bonds. The minimum Gasteiger partial charge on any atom is -0.460 e. The van der Waals surface area contributed by atoms with Crippen molar-refractivity contribution in [3.63, 3.8) is 0 Å². The van der Waals surface area contributed by atoms with Crippen LogP contribution in [0.15, 0.2) is 30.3 Å². The summed E-state index contributed by atoms with van der Waals surface area (Å²) < 4.78 is 8.61. The maximum Gasteiger partial charge on any atom is 0.325 e. The van der Waals surface area contributed by atoms with E-state index in [2.05, 4.69) is 16.1 Å². The van der Waals surface area contributed by atoms with Gasteiger partial charge in [-0.1, -0.05) is 72.9 Å². The smallest absolute Gasteiger partial charge is 0.325 e. The summed E-state index contributed by atoms with van der Waals surface area (Å²) in [6.45, 7) is 13.5. The summed E-state index contributed by atoms with van der Waals surface area (Å²) >= 11 is 17.0. The van der Waals surface area contributed by atoms with Crippen molar-refractivity contribution in [1.29, 1.82) is 0 Å². The molecule has 274 valence electrons. The van der Waals surface area contributed by atoms with Crippen LogP contribution in [0.5, 0.6) is 0 Å². The third kappa shape index (κ3) is 11.5. The average molecular weight is 755 g/mol. The number of hydrazine groups is 1. The Balaban J connectivity index is 1.65. The highest BCUT2D eigenvalue weighted by Gasteiger charge is 2.35. The highest BCUT2D eigenvalue weighted by molar-refractivity contribution is 6.67. The van der Waals surface area contributed by atoms with Crippen LogP contribution in [-0.2, 0) is 33.4 Å². The second-order valence-electron chi connectivity index (χ2n) is 13.4. The van der Waals surface area contributed by atoms with Gasteiger partial charge in [-0.15, -0.1) is 0 Å². The van der Waals surface area contributed by atoms with Crippen molar-refractivity contribution in [2.24, 2.45) is 11.3 Å². The molecule has 4 atom stereocenters. The summed E-state index contributed by atoms with van der Waals surface area (Å²) in [6, 6.07) is 4.98. The molecule has 1 aliphatic heterocycles. The zero-order valence-electron chi connectivity index (χ0n) is 29.6. The molecular formula is C35H46Cl3N5O7. The number of rotatable bonds is 12. The van der Waals surface area contributed by atoms with Gasteiger partial charge in [0.15, 0.2) is 0 Å². The molecule has 1 aliphatic rings. The monoisotopic (exact) mass is 753 g/mol. The predicted molar refractivity (Wildman–Crippen MR) is 193 cm³/mol. The Bertz CT molecular complexity index is 1630. The normalized spacial score (nSPS) is 17.3. The Morgan fingerprint density at radius 3 is 2.38 bits per heavy atom. The number of aromatic nitrogens is 1. The SMILES string of the molecule is CC(=O)OC(C)c1nc2cc(C=CC(C)(C)C(=O)NC(C(=O)NC(C)C(=O)N3CCCC(C(=O)OCC(Cl)(Cl)Cl)N3)C(C)C)ccc2cc1C. The average Bonchev–Trinajstić information content (AvgIpc) is 3.03. The molecule has 3 rings (SSSR count). The first kappa shape index (κ1) is 41.0. The maximum atomic E-state index is 13.5. The Morgan fingerprint density at radius 2 is 1.76 bits per heavy atom. The van der Waals surface area contributed by atoms with Crippen molar-refractivity contribution in [1.82, 2.24) is 26.1 Å². The Kier molecular flexibility index (Phi) is 14.1. The van der Waals surface area contributed by atoms with Crippen LogP contribution >= 0.6 is 34.8 Å². The van der Waals surface area contributed by atoms with Gasteiger partial charge in [-0.2, -0.15) is 0 Å². The van der Waals surface area contributed by atoms with Crippen molar-refractivity contribution in [3.8, 4) is 0 Å². The highest BCUT2D eigenvalue weighted by atomic mass is 35.6. The Labute approximate surface area is 307 Å². The van der Waals surface area contributed by atoms with Crippen molar-refractivity contribution in [3.05, 3.63) is 47.2 Å². The largest absolute Gasteiger partial charge is 0.460 e. The maximum absolute atomic E-state index is 13.5. The van der Waals surface area contributed by atoms with Crippen LogP contribution in [0, 0.1) is 18.3 Å². The number of carbonyl (C=O) groups excluding carboxylic acids is 5. The van der Waals surface area contributed by atoms with E-state index >= 15 is 0 Å². The van der Waals surface area contributed by atoms with E-state index in [-0.39, 0.29) is 17.8 Å². The summed E-state index contributed by atoms with van der Waals surface area (Å²) in [5.41, 5.74) is 4.90. The fraction of sp³-hybridized carbons (Fsp3) is 0.543. The van der Waals surface area contributed by atoms with Gasteiger partial charge in [-0.3, -0.25) is 29.0 Å². The first-order chi connectivity index (χ1) is 23.2. The zero-order valence-corrected chi connectivity index (χ0v) is 31.8. The van der Waals surface area contributed by atoms with Crippen molar-refractivity contribution < 1.29 is 33.4 Å². The fourth-order valence-electron chi connectivity index (χ4n) is 5.33.